The van der Waals surface area contributed by atoms with Gasteiger partial charge in [0.05, 0.1) is 11.4 Å². The van der Waals surface area contributed by atoms with Gasteiger partial charge in [-0.3, -0.25) is 9.78 Å². The largest absolute Gasteiger partial charge is 0.334 e. The van der Waals surface area contributed by atoms with Crippen LogP contribution < -0.4 is 0 Å². The molecule has 30 heavy (non-hydrogen) atoms. The number of likely N-dealkylation sites (tertiary alicyclic amines) is 1. The highest BCUT2D eigenvalue weighted by molar-refractivity contribution is 7.17. The summed E-state index contributed by atoms with van der Waals surface area (Å²) in [6.45, 7) is 4.72. The molecule has 0 radical (unpaired) electrons. The van der Waals surface area contributed by atoms with Crippen molar-refractivity contribution in [3.63, 3.8) is 0 Å². The van der Waals surface area contributed by atoms with E-state index in [1.165, 1.54) is 16.9 Å². The molecule has 0 saturated carbocycles. The second-order valence-corrected chi connectivity index (χ2v) is 8.92. The maximum atomic E-state index is 13.7. The molecule has 156 valence electrons. The summed E-state index contributed by atoms with van der Waals surface area (Å²) in [5.74, 6) is 0.109. The summed E-state index contributed by atoms with van der Waals surface area (Å²) in [7, 11) is 2.15. The van der Waals surface area contributed by atoms with Crippen molar-refractivity contribution < 1.29 is 4.79 Å². The quantitative estimate of drug-likeness (QED) is 0.597. The van der Waals surface area contributed by atoms with Crippen molar-refractivity contribution in [3.8, 4) is 10.7 Å². The molecule has 1 fully saturated rings. The number of benzene rings is 1. The number of pyridine rings is 1. The molecule has 1 amide bonds. The average molecular weight is 421 g/mol. The molecule has 3 heterocycles. The minimum atomic E-state index is 0.109. The molecule has 1 aromatic carbocycles. The fraction of sp³-hybridized carbons (Fsp3) is 0.375. The van der Waals surface area contributed by atoms with E-state index in [2.05, 4.69) is 51.1 Å². The van der Waals surface area contributed by atoms with Crippen molar-refractivity contribution in [2.24, 2.45) is 0 Å². The van der Waals surface area contributed by atoms with E-state index in [0.717, 1.165) is 60.2 Å². The van der Waals surface area contributed by atoms with Crippen molar-refractivity contribution in [1.82, 2.24) is 19.8 Å². The van der Waals surface area contributed by atoms with E-state index < -0.39 is 0 Å². The minimum Gasteiger partial charge on any atom is -0.334 e. The van der Waals surface area contributed by atoms with Crippen LogP contribution in [-0.4, -0.2) is 58.4 Å². The van der Waals surface area contributed by atoms with E-state index in [1.54, 1.807) is 6.20 Å². The summed E-state index contributed by atoms with van der Waals surface area (Å²) in [5, 5.41) is 0.808. The van der Waals surface area contributed by atoms with Gasteiger partial charge in [0.1, 0.15) is 9.88 Å². The predicted octanol–water partition coefficient (Wildman–Crippen LogP) is 4.29. The Labute approximate surface area is 182 Å². The molecular weight excluding hydrogens is 392 g/mol. The van der Waals surface area contributed by atoms with E-state index in [1.807, 2.05) is 31.2 Å². The molecule has 1 aliphatic rings. The van der Waals surface area contributed by atoms with E-state index in [4.69, 9.17) is 0 Å². The lowest BCUT2D eigenvalue weighted by molar-refractivity contribution is 0.0598. The summed E-state index contributed by atoms with van der Waals surface area (Å²) in [5.41, 5.74) is 2.88. The van der Waals surface area contributed by atoms with Crippen LogP contribution in [0.2, 0.25) is 0 Å². The van der Waals surface area contributed by atoms with Gasteiger partial charge >= 0.3 is 0 Å². The summed E-state index contributed by atoms with van der Waals surface area (Å²) >= 11 is 1.46. The first-order chi connectivity index (χ1) is 14.6. The Kier molecular flexibility index (Phi) is 6.55. The molecule has 6 heteroatoms. The first kappa shape index (κ1) is 20.7. The van der Waals surface area contributed by atoms with Crippen molar-refractivity contribution in [1.29, 1.82) is 0 Å². The van der Waals surface area contributed by atoms with Gasteiger partial charge in [0.15, 0.2) is 0 Å². The fourth-order valence-corrected chi connectivity index (χ4v) is 4.97. The lowest BCUT2D eigenvalue weighted by atomic mass is 10.0. The van der Waals surface area contributed by atoms with Gasteiger partial charge in [-0.2, -0.15) is 0 Å². The first-order valence-corrected chi connectivity index (χ1v) is 11.4. The summed E-state index contributed by atoms with van der Waals surface area (Å²) in [4.78, 5) is 27.9. The highest BCUT2D eigenvalue weighted by atomic mass is 32.1. The lowest BCUT2D eigenvalue weighted by Crippen LogP contribution is -2.47. The van der Waals surface area contributed by atoms with Crippen LogP contribution >= 0.6 is 11.3 Å². The van der Waals surface area contributed by atoms with Gasteiger partial charge in [0.25, 0.3) is 5.91 Å². The third-order valence-electron chi connectivity index (χ3n) is 5.75. The SMILES string of the molecule is Cc1nc(-c2ccccn2)sc1C(=O)N(CCc1ccccc1)C1CCN(C)CC1. The summed E-state index contributed by atoms with van der Waals surface area (Å²) in [6.07, 6.45) is 4.66. The molecule has 1 saturated heterocycles. The predicted molar refractivity (Wildman–Crippen MR) is 122 cm³/mol. The zero-order chi connectivity index (χ0) is 20.9. The van der Waals surface area contributed by atoms with Gasteiger partial charge < -0.3 is 9.80 Å². The Morgan fingerprint density at radius 2 is 1.87 bits per heavy atom. The molecule has 0 aliphatic carbocycles. The second-order valence-electron chi connectivity index (χ2n) is 7.92. The summed E-state index contributed by atoms with van der Waals surface area (Å²) in [6, 6.07) is 16.5. The third-order valence-corrected chi connectivity index (χ3v) is 6.92. The molecule has 5 nitrogen and oxygen atoms in total. The highest BCUT2D eigenvalue weighted by Crippen LogP contribution is 2.29. The molecule has 0 atom stereocenters. The van der Waals surface area contributed by atoms with Crippen molar-refractivity contribution in [2.75, 3.05) is 26.7 Å². The van der Waals surface area contributed by atoms with E-state index in [9.17, 15) is 4.79 Å². The molecule has 1 aliphatic heterocycles. The van der Waals surface area contributed by atoms with Crippen LogP contribution in [0.4, 0.5) is 0 Å². The zero-order valence-corrected chi connectivity index (χ0v) is 18.4. The fourth-order valence-electron chi connectivity index (χ4n) is 3.97. The number of rotatable bonds is 6. The van der Waals surface area contributed by atoms with Gasteiger partial charge in [-0.05, 0) is 64.0 Å². The summed E-state index contributed by atoms with van der Waals surface area (Å²) < 4.78 is 0. The monoisotopic (exact) mass is 420 g/mol. The number of hydrogen-bond donors (Lipinski definition) is 0. The van der Waals surface area contributed by atoms with Crippen LogP contribution in [0, 0.1) is 6.92 Å². The Balaban J connectivity index is 1.58. The van der Waals surface area contributed by atoms with Crippen LogP contribution in [0.3, 0.4) is 0 Å². The van der Waals surface area contributed by atoms with Crippen molar-refractivity contribution in [3.05, 3.63) is 70.9 Å². The molecule has 0 spiro atoms. The Morgan fingerprint density at radius 1 is 1.13 bits per heavy atom. The van der Waals surface area contributed by atoms with Crippen LogP contribution in [0.5, 0.6) is 0 Å². The molecule has 0 N–H and O–H groups in total. The normalized spacial score (nSPS) is 15.3. The van der Waals surface area contributed by atoms with Gasteiger partial charge in [-0.25, -0.2) is 4.98 Å². The average Bonchev–Trinajstić information content (AvgIpc) is 3.18. The minimum absolute atomic E-state index is 0.109. The Morgan fingerprint density at radius 3 is 2.57 bits per heavy atom. The number of piperidine rings is 1. The number of aromatic nitrogens is 2. The van der Waals surface area contributed by atoms with E-state index in [0.29, 0.717) is 0 Å². The van der Waals surface area contributed by atoms with Gasteiger partial charge in [0.2, 0.25) is 0 Å². The van der Waals surface area contributed by atoms with E-state index in [-0.39, 0.29) is 11.9 Å². The zero-order valence-electron chi connectivity index (χ0n) is 17.6. The molecule has 2 aromatic heterocycles. The van der Waals surface area contributed by atoms with Crippen LogP contribution in [0.25, 0.3) is 10.7 Å². The maximum Gasteiger partial charge on any atom is 0.266 e. The number of aryl methyl sites for hydroxylation is 1. The lowest BCUT2D eigenvalue weighted by Gasteiger charge is -2.37. The van der Waals surface area contributed by atoms with E-state index >= 15 is 0 Å². The van der Waals surface area contributed by atoms with Gasteiger partial charge in [0, 0.05) is 18.8 Å². The first-order valence-electron chi connectivity index (χ1n) is 10.5. The van der Waals surface area contributed by atoms with Crippen molar-refractivity contribution >= 4 is 17.2 Å². The van der Waals surface area contributed by atoms with Gasteiger partial charge in [-0.15, -0.1) is 11.3 Å². The number of hydrogen-bond acceptors (Lipinski definition) is 5. The van der Waals surface area contributed by atoms with Gasteiger partial charge in [-0.1, -0.05) is 36.4 Å². The molecular formula is C24H28N4OS. The molecule has 4 rings (SSSR count). The maximum absolute atomic E-state index is 13.7. The smallest absolute Gasteiger partial charge is 0.266 e. The standard InChI is InChI=1S/C24H28N4OS/c1-18-22(30-23(26-18)21-10-6-7-14-25-21)24(29)28(20-12-15-27(2)16-13-20)17-11-19-8-4-3-5-9-19/h3-10,14,20H,11-13,15-17H2,1-2H3. The third kappa shape index (κ3) is 4.77. The second kappa shape index (κ2) is 9.49. The Bertz CT molecular complexity index is 965. The number of amides is 1. The number of carbonyl (C=O) groups is 1. The number of carbonyl (C=O) groups excluding carboxylic acids is 1. The topological polar surface area (TPSA) is 49.3 Å². The van der Waals surface area contributed by atoms with Crippen LogP contribution in [0.15, 0.2) is 54.7 Å². The van der Waals surface area contributed by atoms with Crippen LogP contribution in [-0.2, 0) is 6.42 Å². The molecule has 0 unspecified atom stereocenters. The number of thiazole rings is 1. The number of nitrogens with zero attached hydrogens (tertiary/aromatic N) is 4. The van der Waals surface area contributed by atoms with Crippen molar-refractivity contribution in [2.45, 2.75) is 32.2 Å². The highest BCUT2D eigenvalue weighted by Gasteiger charge is 2.30. The molecule has 3 aromatic rings. The Hall–Kier alpha value is -2.57. The molecule has 0 bridgehead atoms. The van der Waals surface area contributed by atoms with Crippen LogP contribution in [0.1, 0.15) is 33.8 Å².